The number of rotatable bonds is 4. The van der Waals surface area contributed by atoms with Crippen molar-refractivity contribution in [3.8, 4) is 0 Å². The summed E-state index contributed by atoms with van der Waals surface area (Å²) in [5.74, 6) is 0. The quantitative estimate of drug-likeness (QED) is 0.927. The minimum absolute atomic E-state index is 0.0324. The van der Waals surface area contributed by atoms with Gasteiger partial charge in [0.25, 0.3) is 0 Å². The summed E-state index contributed by atoms with van der Waals surface area (Å²) < 4.78 is 38.1. The van der Waals surface area contributed by atoms with Crippen LogP contribution < -0.4 is 0 Å². The minimum atomic E-state index is -4.18. The first-order chi connectivity index (χ1) is 7.63. The van der Waals surface area contributed by atoms with Gasteiger partial charge in [0, 0.05) is 13.5 Å². The minimum Gasteiger partial charge on any atom is -0.384 e. The van der Waals surface area contributed by atoms with E-state index in [0.717, 1.165) is 0 Å². The molecular weight excluding hydrogens is 301 g/mol. The van der Waals surface area contributed by atoms with E-state index in [-0.39, 0.29) is 12.8 Å². The maximum Gasteiger partial charge on any atom is 0.389 e. The maximum absolute atomic E-state index is 12.0. The van der Waals surface area contributed by atoms with Gasteiger partial charge in [-0.2, -0.15) is 18.3 Å². The number of aryl methyl sites for hydroxylation is 1. The van der Waals surface area contributed by atoms with Gasteiger partial charge >= 0.3 is 6.18 Å². The van der Waals surface area contributed by atoms with Crippen LogP contribution >= 0.6 is 15.9 Å². The zero-order chi connectivity index (χ0) is 13.3. The van der Waals surface area contributed by atoms with E-state index in [0.29, 0.717) is 10.2 Å². The number of nitrogens with zero attached hydrogens (tertiary/aromatic N) is 2. The molecule has 0 fully saturated rings. The molecular formula is C10H14BrF3N2O. The van der Waals surface area contributed by atoms with Crippen molar-refractivity contribution in [2.24, 2.45) is 7.05 Å². The Morgan fingerprint density at radius 3 is 2.41 bits per heavy atom. The lowest BCUT2D eigenvalue weighted by atomic mass is 9.95. The van der Waals surface area contributed by atoms with Crippen LogP contribution in [0.15, 0.2) is 10.7 Å². The second kappa shape index (κ2) is 4.97. The van der Waals surface area contributed by atoms with Gasteiger partial charge in [0.05, 0.1) is 16.4 Å². The molecule has 17 heavy (non-hydrogen) atoms. The van der Waals surface area contributed by atoms with E-state index in [1.165, 1.54) is 17.8 Å². The van der Waals surface area contributed by atoms with E-state index in [2.05, 4.69) is 21.0 Å². The molecule has 0 aliphatic heterocycles. The highest BCUT2D eigenvalue weighted by Gasteiger charge is 2.32. The Kier molecular flexibility index (Phi) is 4.24. The molecule has 0 saturated carbocycles. The van der Waals surface area contributed by atoms with Gasteiger partial charge in [0.15, 0.2) is 0 Å². The molecule has 1 aromatic rings. The number of halogens is 4. The maximum atomic E-state index is 12.0. The zero-order valence-corrected chi connectivity index (χ0v) is 11.1. The first-order valence-corrected chi connectivity index (χ1v) is 5.90. The lowest BCUT2D eigenvalue weighted by molar-refractivity contribution is -0.138. The average molecular weight is 315 g/mol. The summed E-state index contributed by atoms with van der Waals surface area (Å²) in [6, 6.07) is 0. The summed E-state index contributed by atoms with van der Waals surface area (Å²) in [4.78, 5) is 0. The molecule has 0 spiro atoms. The smallest absolute Gasteiger partial charge is 0.384 e. The van der Waals surface area contributed by atoms with Crippen molar-refractivity contribution in [2.45, 2.75) is 38.0 Å². The van der Waals surface area contributed by atoms with Crippen LogP contribution in [0.25, 0.3) is 0 Å². The Hall–Kier alpha value is -0.560. The Labute approximate surface area is 106 Å². The Morgan fingerprint density at radius 2 is 2.00 bits per heavy atom. The Morgan fingerprint density at radius 1 is 1.41 bits per heavy atom. The van der Waals surface area contributed by atoms with E-state index < -0.39 is 18.2 Å². The summed E-state index contributed by atoms with van der Waals surface area (Å²) in [6.45, 7) is 1.49. The second-order valence-corrected chi connectivity index (χ2v) is 5.06. The fourth-order valence-corrected chi connectivity index (χ4v) is 2.54. The number of hydrogen-bond donors (Lipinski definition) is 1. The van der Waals surface area contributed by atoms with Crippen LogP contribution in [0.5, 0.6) is 0 Å². The first kappa shape index (κ1) is 14.5. The van der Waals surface area contributed by atoms with Gasteiger partial charge in [-0.15, -0.1) is 0 Å². The van der Waals surface area contributed by atoms with Crippen molar-refractivity contribution in [3.05, 3.63) is 16.4 Å². The number of aliphatic hydroxyl groups is 1. The molecule has 0 radical (unpaired) electrons. The summed E-state index contributed by atoms with van der Waals surface area (Å²) in [6.07, 6.45) is -3.65. The summed E-state index contributed by atoms with van der Waals surface area (Å²) in [5.41, 5.74) is -0.838. The lowest BCUT2D eigenvalue weighted by Gasteiger charge is -2.24. The van der Waals surface area contributed by atoms with Gasteiger partial charge in [-0.25, -0.2) is 0 Å². The molecule has 1 N–H and O–H groups in total. The van der Waals surface area contributed by atoms with Gasteiger partial charge in [-0.05, 0) is 35.7 Å². The van der Waals surface area contributed by atoms with E-state index in [4.69, 9.17) is 0 Å². The van der Waals surface area contributed by atoms with Crippen molar-refractivity contribution < 1.29 is 18.3 Å². The van der Waals surface area contributed by atoms with Crippen molar-refractivity contribution in [2.75, 3.05) is 0 Å². The van der Waals surface area contributed by atoms with E-state index >= 15 is 0 Å². The molecule has 0 bridgehead atoms. The molecule has 1 aromatic heterocycles. The second-order valence-electron chi connectivity index (χ2n) is 4.21. The van der Waals surface area contributed by atoms with Crippen molar-refractivity contribution >= 4 is 15.9 Å². The molecule has 0 amide bonds. The highest BCUT2D eigenvalue weighted by Crippen LogP contribution is 2.33. The highest BCUT2D eigenvalue weighted by molar-refractivity contribution is 9.10. The topological polar surface area (TPSA) is 38.0 Å². The van der Waals surface area contributed by atoms with Crippen LogP contribution in [-0.2, 0) is 12.6 Å². The third-order valence-corrected chi connectivity index (χ3v) is 3.11. The normalized spacial score (nSPS) is 15.9. The highest BCUT2D eigenvalue weighted by atomic mass is 79.9. The van der Waals surface area contributed by atoms with E-state index in [1.54, 1.807) is 7.05 Å². The molecule has 1 atom stereocenters. The Balaban J connectivity index is 2.69. The van der Waals surface area contributed by atoms with Crippen LogP contribution in [0.4, 0.5) is 13.2 Å². The standard InChI is InChI=1S/C10H14BrF3N2O/c1-9(17,4-3-5-10(12,13)14)8-7(11)6-15-16(8)2/h6,17H,3-5H2,1-2H3. The Bertz CT molecular complexity index is 368. The molecule has 98 valence electrons. The van der Waals surface area contributed by atoms with E-state index in [9.17, 15) is 18.3 Å². The van der Waals surface area contributed by atoms with Crippen LogP contribution in [0.1, 0.15) is 31.9 Å². The third kappa shape index (κ3) is 3.99. The first-order valence-electron chi connectivity index (χ1n) is 5.10. The summed E-state index contributed by atoms with van der Waals surface area (Å²) in [7, 11) is 1.64. The summed E-state index contributed by atoms with van der Waals surface area (Å²) >= 11 is 3.22. The lowest BCUT2D eigenvalue weighted by Crippen LogP contribution is -2.25. The molecule has 0 aliphatic carbocycles. The molecule has 0 aromatic carbocycles. The number of hydrogen-bond acceptors (Lipinski definition) is 2. The molecule has 0 aliphatic rings. The average Bonchev–Trinajstić information content (AvgIpc) is 2.43. The molecule has 0 saturated heterocycles. The molecule has 7 heteroatoms. The van der Waals surface area contributed by atoms with Crippen LogP contribution in [0.2, 0.25) is 0 Å². The monoisotopic (exact) mass is 314 g/mol. The largest absolute Gasteiger partial charge is 0.389 e. The zero-order valence-electron chi connectivity index (χ0n) is 9.55. The third-order valence-electron chi connectivity index (χ3n) is 2.53. The van der Waals surface area contributed by atoms with Gasteiger partial charge in [0.2, 0.25) is 0 Å². The van der Waals surface area contributed by atoms with Crippen molar-refractivity contribution in [1.29, 1.82) is 0 Å². The molecule has 1 heterocycles. The van der Waals surface area contributed by atoms with Gasteiger partial charge in [-0.3, -0.25) is 4.68 Å². The predicted octanol–water partition coefficient (Wildman–Crippen LogP) is 3.12. The van der Waals surface area contributed by atoms with Gasteiger partial charge in [-0.1, -0.05) is 0 Å². The van der Waals surface area contributed by atoms with Crippen molar-refractivity contribution in [1.82, 2.24) is 9.78 Å². The fourth-order valence-electron chi connectivity index (χ4n) is 1.77. The van der Waals surface area contributed by atoms with E-state index in [1.807, 2.05) is 0 Å². The van der Waals surface area contributed by atoms with Crippen LogP contribution in [-0.4, -0.2) is 21.1 Å². The van der Waals surface area contributed by atoms with Crippen LogP contribution in [0.3, 0.4) is 0 Å². The number of aromatic nitrogens is 2. The predicted molar refractivity (Wildman–Crippen MR) is 60.4 cm³/mol. The van der Waals surface area contributed by atoms with Gasteiger partial charge < -0.3 is 5.11 Å². The fraction of sp³-hybridized carbons (Fsp3) is 0.700. The molecule has 1 unspecified atom stereocenters. The van der Waals surface area contributed by atoms with Gasteiger partial charge in [0.1, 0.15) is 5.60 Å². The van der Waals surface area contributed by atoms with Crippen molar-refractivity contribution in [3.63, 3.8) is 0 Å². The number of alkyl halides is 3. The molecule has 1 rings (SSSR count). The summed E-state index contributed by atoms with van der Waals surface area (Å²) in [5, 5.41) is 14.1. The molecule has 3 nitrogen and oxygen atoms in total. The van der Waals surface area contributed by atoms with Crippen LogP contribution in [0, 0.1) is 0 Å². The SMILES string of the molecule is Cn1ncc(Br)c1C(C)(O)CCCC(F)(F)F.